The van der Waals surface area contributed by atoms with Gasteiger partial charge in [0.2, 0.25) is 0 Å². The lowest BCUT2D eigenvalue weighted by molar-refractivity contribution is 0.101. The third-order valence-corrected chi connectivity index (χ3v) is 5.05. The number of amides is 2. The minimum Gasteiger partial charge on any atom is -0.318 e. The number of carbonyl (C=O) groups is 2. The number of aromatic amines is 1. The van der Waals surface area contributed by atoms with E-state index >= 15 is 0 Å². The number of benzene rings is 1. The average Bonchev–Trinajstić information content (AvgIpc) is 3.50. The number of rotatable bonds is 6. The largest absolute Gasteiger partial charge is 0.318 e. The van der Waals surface area contributed by atoms with E-state index in [0.717, 1.165) is 5.69 Å². The summed E-state index contributed by atoms with van der Waals surface area (Å²) < 4.78 is 16.3. The van der Waals surface area contributed by atoms with Gasteiger partial charge in [-0.05, 0) is 44.2 Å². The summed E-state index contributed by atoms with van der Waals surface area (Å²) in [6.07, 6.45) is 2.98. The van der Waals surface area contributed by atoms with Gasteiger partial charge in [0.25, 0.3) is 11.8 Å². The van der Waals surface area contributed by atoms with Crippen molar-refractivity contribution in [3.05, 3.63) is 65.6 Å². The van der Waals surface area contributed by atoms with Gasteiger partial charge in [-0.25, -0.2) is 4.39 Å². The SMILES string of the molecule is CCn1ncc(NC(=O)c2cc(-c3ccc(F)cc3)n[nH]2)c1C(=O)Nc1cnn(C)c1C. The average molecular weight is 436 g/mol. The van der Waals surface area contributed by atoms with Crippen molar-refractivity contribution < 1.29 is 14.0 Å². The molecule has 0 saturated heterocycles. The molecule has 32 heavy (non-hydrogen) atoms. The van der Waals surface area contributed by atoms with E-state index in [-0.39, 0.29) is 22.9 Å². The van der Waals surface area contributed by atoms with Crippen LogP contribution in [0.2, 0.25) is 0 Å². The molecule has 4 aromatic rings. The Labute approximate surface area is 182 Å². The summed E-state index contributed by atoms with van der Waals surface area (Å²) in [4.78, 5) is 25.7. The summed E-state index contributed by atoms with van der Waals surface area (Å²) >= 11 is 0. The molecule has 0 radical (unpaired) electrons. The molecule has 164 valence electrons. The maximum atomic E-state index is 13.1. The van der Waals surface area contributed by atoms with E-state index in [4.69, 9.17) is 0 Å². The summed E-state index contributed by atoms with van der Waals surface area (Å²) in [6, 6.07) is 7.32. The molecule has 11 heteroatoms. The fourth-order valence-electron chi connectivity index (χ4n) is 3.16. The van der Waals surface area contributed by atoms with E-state index in [9.17, 15) is 14.0 Å². The van der Waals surface area contributed by atoms with Crippen molar-refractivity contribution in [2.75, 3.05) is 10.6 Å². The number of anilines is 2. The number of hydrogen-bond donors (Lipinski definition) is 3. The van der Waals surface area contributed by atoms with E-state index in [1.165, 1.54) is 23.0 Å². The van der Waals surface area contributed by atoms with Crippen LogP contribution in [-0.4, -0.2) is 41.6 Å². The van der Waals surface area contributed by atoms with Crippen molar-refractivity contribution in [3.8, 4) is 11.3 Å². The predicted octanol–water partition coefficient (Wildman–Crippen LogP) is 2.98. The quantitative estimate of drug-likeness (QED) is 0.429. The standard InChI is InChI=1S/C21H21FN8O2/c1-4-30-19(21(32)25-17-10-23-29(3)12(17)2)18(11-24-30)26-20(31)16-9-15(27-28-16)13-5-7-14(22)8-6-13/h5-11H,4H2,1-3H3,(H,25,32)(H,26,31)(H,27,28). The van der Waals surface area contributed by atoms with Crippen molar-refractivity contribution >= 4 is 23.2 Å². The van der Waals surface area contributed by atoms with E-state index in [1.807, 2.05) is 13.8 Å². The first-order valence-corrected chi connectivity index (χ1v) is 9.85. The van der Waals surface area contributed by atoms with E-state index < -0.39 is 11.8 Å². The molecule has 4 rings (SSSR count). The first kappa shape index (κ1) is 21.0. The first-order valence-electron chi connectivity index (χ1n) is 9.85. The van der Waals surface area contributed by atoms with Gasteiger partial charge < -0.3 is 10.6 Å². The van der Waals surface area contributed by atoms with Crippen molar-refractivity contribution in [2.45, 2.75) is 20.4 Å². The highest BCUT2D eigenvalue weighted by Crippen LogP contribution is 2.22. The third kappa shape index (κ3) is 4.00. The smallest absolute Gasteiger partial charge is 0.276 e. The van der Waals surface area contributed by atoms with Crippen molar-refractivity contribution in [1.29, 1.82) is 0 Å². The van der Waals surface area contributed by atoms with Gasteiger partial charge in [-0.3, -0.25) is 24.1 Å². The molecule has 2 amide bonds. The molecule has 3 aromatic heterocycles. The Bertz CT molecular complexity index is 1290. The zero-order chi connectivity index (χ0) is 22.8. The van der Waals surface area contributed by atoms with Crippen LogP contribution in [0.5, 0.6) is 0 Å². The normalized spacial score (nSPS) is 10.9. The zero-order valence-corrected chi connectivity index (χ0v) is 17.7. The molecule has 3 N–H and O–H groups in total. The van der Waals surface area contributed by atoms with Gasteiger partial charge in [0.05, 0.1) is 35.2 Å². The number of H-pyrrole nitrogens is 1. The molecule has 3 heterocycles. The molecule has 10 nitrogen and oxygen atoms in total. The van der Waals surface area contributed by atoms with Gasteiger partial charge in [0, 0.05) is 19.2 Å². The van der Waals surface area contributed by atoms with E-state index in [2.05, 4.69) is 31.0 Å². The highest BCUT2D eigenvalue weighted by Gasteiger charge is 2.22. The van der Waals surface area contributed by atoms with Gasteiger partial charge in [0.1, 0.15) is 17.2 Å². The summed E-state index contributed by atoms with van der Waals surface area (Å²) in [5.74, 6) is -1.28. The lowest BCUT2D eigenvalue weighted by Gasteiger charge is -2.09. The molecular formula is C21H21FN8O2. The maximum absolute atomic E-state index is 13.1. The third-order valence-electron chi connectivity index (χ3n) is 5.05. The molecule has 0 saturated carbocycles. The van der Waals surface area contributed by atoms with Crippen LogP contribution in [0.25, 0.3) is 11.3 Å². The van der Waals surface area contributed by atoms with Gasteiger partial charge >= 0.3 is 0 Å². The number of nitrogens with one attached hydrogen (secondary N) is 3. The first-order chi connectivity index (χ1) is 15.4. The number of halogens is 1. The van der Waals surface area contributed by atoms with Gasteiger partial charge in [-0.2, -0.15) is 15.3 Å². The Hall–Kier alpha value is -4.28. The summed E-state index contributed by atoms with van der Waals surface area (Å²) in [5, 5.41) is 20.6. The Balaban J connectivity index is 1.55. The minimum absolute atomic E-state index is 0.183. The maximum Gasteiger partial charge on any atom is 0.276 e. The fraction of sp³-hybridized carbons (Fsp3) is 0.190. The van der Waals surface area contributed by atoms with Gasteiger partial charge in [-0.15, -0.1) is 0 Å². The van der Waals surface area contributed by atoms with Crippen LogP contribution < -0.4 is 10.6 Å². The lowest BCUT2D eigenvalue weighted by Crippen LogP contribution is -2.21. The topological polar surface area (TPSA) is 123 Å². The molecule has 0 bridgehead atoms. The summed E-state index contributed by atoms with van der Waals surface area (Å²) in [7, 11) is 1.78. The van der Waals surface area contributed by atoms with Crippen molar-refractivity contribution in [1.82, 2.24) is 29.8 Å². The van der Waals surface area contributed by atoms with Crippen LogP contribution in [-0.2, 0) is 13.6 Å². The van der Waals surface area contributed by atoms with Crippen LogP contribution >= 0.6 is 0 Å². The van der Waals surface area contributed by atoms with E-state index in [0.29, 0.717) is 23.5 Å². The summed E-state index contributed by atoms with van der Waals surface area (Å²) in [5.41, 5.74) is 3.16. The fourth-order valence-corrected chi connectivity index (χ4v) is 3.16. The number of carbonyl (C=O) groups excluding carboxylic acids is 2. The predicted molar refractivity (Wildman–Crippen MR) is 116 cm³/mol. The molecule has 0 spiro atoms. The van der Waals surface area contributed by atoms with E-state index in [1.54, 1.807) is 36.1 Å². The molecule has 0 aliphatic heterocycles. The minimum atomic E-state index is -0.492. The monoisotopic (exact) mass is 436 g/mol. The molecule has 0 unspecified atom stereocenters. The highest BCUT2D eigenvalue weighted by atomic mass is 19.1. The van der Waals surface area contributed by atoms with Crippen LogP contribution in [0, 0.1) is 12.7 Å². The second-order valence-corrected chi connectivity index (χ2v) is 7.07. The number of aromatic nitrogens is 6. The van der Waals surface area contributed by atoms with Crippen LogP contribution in [0.15, 0.2) is 42.7 Å². The second-order valence-electron chi connectivity index (χ2n) is 7.07. The molecular weight excluding hydrogens is 415 g/mol. The number of aryl methyl sites for hydroxylation is 2. The zero-order valence-electron chi connectivity index (χ0n) is 17.7. The Morgan fingerprint density at radius 3 is 2.41 bits per heavy atom. The number of nitrogens with zero attached hydrogens (tertiary/aromatic N) is 5. The highest BCUT2D eigenvalue weighted by molar-refractivity contribution is 6.11. The Kier molecular flexibility index (Phi) is 5.54. The van der Waals surface area contributed by atoms with Crippen LogP contribution in [0.1, 0.15) is 33.6 Å². The summed E-state index contributed by atoms with van der Waals surface area (Å²) in [6.45, 7) is 4.11. The Morgan fingerprint density at radius 2 is 1.75 bits per heavy atom. The molecule has 0 aliphatic rings. The Morgan fingerprint density at radius 1 is 1.06 bits per heavy atom. The number of hydrogen-bond acceptors (Lipinski definition) is 5. The second kappa shape index (κ2) is 8.46. The molecule has 0 aliphatic carbocycles. The van der Waals surface area contributed by atoms with Crippen molar-refractivity contribution in [3.63, 3.8) is 0 Å². The van der Waals surface area contributed by atoms with Crippen LogP contribution in [0.3, 0.4) is 0 Å². The van der Waals surface area contributed by atoms with Crippen molar-refractivity contribution in [2.24, 2.45) is 7.05 Å². The van der Waals surface area contributed by atoms with Gasteiger partial charge in [0.15, 0.2) is 0 Å². The molecule has 0 atom stereocenters. The molecule has 0 fully saturated rings. The van der Waals surface area contributed by atoms with Crippen LogP contribution in [0.4, 0.5) is 15.8 Å². The van der Waals surface area contributed by atoms with Gasteiger partial charge in [-0.1, -0.05) is 0 Å². The lowest BCUT2D eigenvalue weighted by atomic mass is 10.1. The molecule has 1 aromatic carbocycles.